The molecule has 2 aromatic carbocycles. The van der Waals surface area contributed by atoms with E-state index >= 15 is 0 Å². The number of carbonyl (C=O) groups is 2. The number of carbonyl (C=O) groups excluding carboxylic acids is 2. The lowest BCUT2D eigenvalue weighted by atomic mass is 10.2. The van der Waals surface area contributed by atoms with Crippen molar-refractivity contribution in [1.29, 1.82) is 0 Å². The number of amides is 2. The van der Waals surface area contributed by atoms with Crippen LogP contribution in [-0.2, 0) is 4.79 Å². The quantitative estimate of drug-likeness (QED) is 0.740. The van der Waals surface area contributed by atoms with Crippen LogP contribution in [0.3, 0.4) is 0 Å². The van der Waals surface area contributed by atoms with Gasteiger partial charge in [0.15, 0.2) is 17.2 Å². The standard InChI is InChI=1S/C21H15N3O5/c25-19(23-13-7-8-17-18(10-13)28-12-27-17)11-24-15-5-1-2-6-16(15)29-20-14(21(24)26)4-3-9-22-20/h1-10H,11-12H2,(H,23,25). The molecule has 29 heavy (non-hydrogen) atoms. The lowest BCUT2D eigenvalue weighted by Gasteiger charge is -2.21. The van der Waals surface area contributed by atoms with E-state index in [-0.39, 0.29) is 31.0 Å². The summed E-state index contributed by atoms with van der Waals surface area (Å²) in [6.45, 7) is -0.0405. The van der Waals surface area contributed by atoms with E-state index in [4.69, 9.17) is 14.2 Å². The monoisotopic (exact) mass is 389 g/mol. The molecule has 8 heteroatoms. The van der Waals surface area contributed by atoms with Crippen molar-refractivity contribution in [3.63, 3.8) is 0 Å². The maximum atomic E-state index is 13.1. The molecule has 0 bridgehead atoms. The first-order valence-corrected chi connectivity index (χ1v) is 8.92. The van der Waals surface area contributed by atoms with Crippen molar-refractivity contribution in [3.05, 3.63) is 66.4 Å². The van der Waals surface area contributed by atoms with E-state index in [0.29, 0.717) is 34.2 Å². The number of nitrogens with one attached hydrogen (secondary N) is 1. The Labute approximate surface area is 165 Å². The molecule has 0 saturated heterocycles. The Kier molecular flexibility index (Phi) is 4.02. The fourth-order valence-corrected chi connectivity index (χ4v) is 3.24. The third kappa shape index (κ3) is 3.10. The molecule has 0 radical (unpaired) electrons. The number of para-hydroxylation sites is 2. The number of ether oxygens (including phenoxy) is 3. The highest BCUT2D eigenvalue weighted by atomic mass is 16.7. The number of anilines is 2. The normalized spacial score (nSPS) is 13.8. The molecule has 3 heterocycles. The number of aromatic nitrogens is 1. The van der Waals surface area contributed by atoms with Gasteiger partial charge in [-0.3, -0.25) is 14.5 Å². The largest absolute Gasteiger partial charge is 0.454 e. The number of fused-ring (bicyclic) bond motifs is 3. The highest BCUT2D eigenvalue weighted by Crippen LogP contribution is 2.38. The number of hydrogen-bond acceptors (Lipinski definition) is 6. The van der Waals surface area contributed by atoms with Gasteiger partial charge in [0.25, 0.3) is 5.91 Å². The van der Waals surface area contributed by atoms with Crippen molar-refractivity contribution >= 4 is 23.2 Å². The molecule has 3 aromatic rings. The second kappa shape index (κ2) is 6.83. The van der Waals surface area contributed by atoms with Gasteiger partial charge in [-0.15, -0.1) is 0 Å². The Balaban J connectivity index is 1.43. The third-order valence-corrected chi connectivity index (χ3v) is 4.57. The van der Waals surface area contributed by atoms with Gasteiger partial charge in [0.1, 0.15) is 12.1 Å². The highest BCUT2D eigenvalue weighted by molar-refractivity contribution is 6.12. The maximum Gasteiger partial charge on any atom is 0.264 e. The number of hydrogen-bond donors (Lipinski definition) is 1. The molecule has 0 fully saturated rings. The summed E-state index contributed by atoms with van der Waals surface area (Å²) in [6, 6.07) is 15.4. The number of benzene rings is 2. The summed E-state index contributed by atoms with van der Waals surface area (Å²) in [5.74, 6) is 1.13. The van der Waals surface area contributed by atoms with Gasteiger partial charge >= 0.3 is 0 Å². The smallest absolute Gasteiger partial charge is 0.264 e. The molecule has 5 rings (SSSR count). The van der Waals surface area contributed by atoms with Crippen molar-refractivity contribution in [1.82, 2.24) is 4.98 Å². The van der Waals surface area contributed by atoms with Gasteiger partial charge in [0.2, 0.25) is 18.6 Å². The van der Waals surface area contributed by atoms with E-state index in [1.807, 2.05) is 0 Å². The summed E-state index contributed by atoms with van der Waals surface area (Å²) >= 11 is 0. The summed E-state index contributed by atoms with van der Waals surface area (Å²) in [4.78, 5) is 31.4. The predicted molar refractivity (Wildman–Crippen MR) is 104 cm³/mol. The van der Waals surface area contributed by atoms with E-state index in [0.717, 1.165) is 0 Å². The molecule has 8 nitrogen and oxygen atoms in total. The van der Waals surface area contributed by atoms with E-state index in [1.54, 1.807) is 60.8 Å². The van der Waals surface area contributed by atoms with Crippen molar-refractivity contribution < 1.29 is 23.8 Å². The highest BCUT2D eigenvalue weighted by Gasteiger charge is 2.30. The Hall–Kier alpha value is -4.07. The average molecular weight is 389 g/mol. The molecule has 1 aromatic heterocycles. The molecule has 0 aliphatic carbocycles. The molecular formula is C21H15N3O5. The summed E-state index contributed by atoms with van der Waals surface area (Å²) in [6.07, 6.45) is 1.55. The van der Waals surface area contributed by atoms with E-state index < -0.39 is 0 Å². The molecule has 144 valence electrons. The van der Waals surface area contributed by atoms with Gasteiger partial charge < -0.3 is 19.5 Å². The lowest BCUT2D eigenvalue weighted by molar-refractivity contribution is -0.114. The zero-order valence-corrected chi connectivity index (χ0v) is 15.1. The molecule has 2 amide bonds. The zero-order chi connectivity index (χ0) is 19.8. The van der Waals surface area contributed by atoms with Gasteiger partial charge in [0.05, 0.1) is 5.69 Å². The SMILES string of the molecule is O=C(CN1C(=O)c2cccnc2Oc2ccccc21)Nc1ccc2c(c1)OCO2. The number of nitrogens with zero attached hydrogens (tertiary/aromatic N) is 2. The molecular weight excluding hydrogens is 374 g/mol. The lowest BCUT2D eigenvalue weighted by Crippen LogP contribution is -2.37. The van der Waals surface area contributed by atoms with Gasteiger partial charge in [-0.2, -0.15) is 0 Å². The van der Waals surface area contributed by atoms with Crippen LogP contribution in [0.1, 0.15) is 10.4 Å². The minimum Gasteiger partial charge on any atom is -0.454 e. The fourth-order valence-electron chi connectivity index (χ4n) is 3.24. The van der Waals surface area contributed by atoms with Gasteiger partial charge in [-0.25, -0.2) is 4.98 Å². The minimum absolute atomic E-state index is 0.152. The van der Waals surface area contributed by atoms with Crippen molar-refractivity contribution in [2.75, 3.05) is 23.6 Å². The van der Waals surface area contributed by atoms with Gasteiger partial charge in [-0.05, 0) is 36.4 Å². The molecule has 0 unspecified atom stereocenters. The molecule has 0 spiro atoms. The minimum atomic E-state index is -0.362. The molecule has 2 aliphatic heterocycles. The summed E-state index contributed by atoms with van der Waals surface area (Å²) < 4.78 is 16.4. The van der Waals surface area contributed by atoms with Crippen LogP contribution >= 0.6 is 0 Å². The van der Waals surface area contributed by atoms with E-state index in [9.17, 15) is 9.59 Å². The first kappa shape index (κ1) is 17.1. The Morgan fingerprint density at radius 2 is 1.90 bits per heavy atom. The predicted octanol–water partition coefficient (Wildman–Crippen LogP) is 3.20. The zero-order valence-electron chi connectivity index (χ0n) is 15.1. The van der Waals surface area contributed by atoms with Gasteiger partial charge in [-0.1, -0.05) is 12.1 Å². The van der Waals surface area contributed by atoms with Crippen LogP contribution in [0.15, 0.2) is 60.8 Å². The molecule has 0 atom stereocenters. The van der Waals surface area contributed by atoms with Crippen molar-refractivity contribution in [3.8, 4) is 23.1 Å². The van der Waals surface area contributed by atoms with Crippen LogP contribution in [0.4, 0.5) is 11.4 Å². The average Bonchev–Trinajstić information content (AvgIpc) is 3.16. The number of pyridine rings is 1. The summed E-state index contributed by atoms with van der Waals surface area (Å²) in [5.41, 5.74) is 1.34. The van der Waals surface area contributed by atoms with Crippen molar-refractivity contribution in [2.24, 2.45) is 0 Å². The summed E-state index contributed by atoms with van der Waals surface area (Å²) in [7, 11) is 0. The van der Waals surface area contributed by atoms with Crippen LogP contribution in [0.25, 0.3) is 0 Å². The fraction of sp³-hybridized carbons (Fsp3) is 0.0952. The molecule has 1 N–H and O–H groups in total. The maximum absolute atomic E-state index is 13.1. The molecule has 0 saturated carbocycles. The third-order valence-electron chi connectivity index (χ3n) is 4.57. The Morgan fingerprint density at radius 3 is 2.83 bits per heavy atom. The van der Waals surface area contributed by atoms with Crippen LogP contribution in [0, 0.1) is 0 Å². The van der Waals surface area contributed by atoms with E-state index in [1.165, 1.54) is 4.90 Å². The Morgan fingerprint density at radius 1 is 1.03 bits per heavy atom. The van der Waals surface area contributed by atoms with Gasteiger partial charge in [0, 0.05) is 18.0 Å². The van der Waals surface area contributed by atoms with Crippen LogP contribution in [0.5, 0.6) is 23.1 Å². The van der Waals surface area contributed by atoms with Crippen LogP contribution in [-0.4, -0.2) is 30.1 Å². The number of rotatable bonds is 3. The first-order valence-electron chi connectivity index (χ1n) is 8.92. The van der Waals surface area contributed by atoms with E-state index in [2.05, 4.69) is 10.3 Å². The molecule has 2 aliphatic rings. The first-order chi connectivity index (χ1) is 14.2. The second-order valence-corrected chi connectivity index (χ2v) is 6.43. The topological polar surface area (TPSA) is 90.0 Å². The van der Waals surface area contributed by atoms with Crippen LogP contribution in [0.2, 0.25) is 0 Å². The Bertz CT molecular complexity index is 1130. The van der Waals surface area contributed by atoms with Crippen LogP contribution < -0.4 is 24.4 Å². The van der Waals surface area contributed by atoms with Crippen molar-refractivity contribution in [2.45, 2.75) is 0 Å². The summed E-state index contributed by atoms with van der Waals surface area (Å²) in [5, 5.41) is 2.79. The second-order valence-electron chi connectivity index (χ2n) is 6.43.